The quantitative estimate of drug-likeness (QED) is 0.245. The Hall–Kier alpha value is -3.97. The first kappa shape index (κ1) is 23.2. The third-order valence-electron chi connectivity index (χ3n) is 5.66. The number of nitrogens with one attached hydrogen (secondary N) is 1. The van der Waals surface area contributed by atoms with E-state index in [-0.39, 0.29) is 11.6 Å². The Morgan fingerprint density at radius 3 is 2.53 bits per heavy atom. The molecule has 0 saturated heterocycles. The lowest BCUT2D eigenvalue weighted by molar-refractivity contribution is -0.384. The molecule has 0 aliphatic heterocycles. The average Bonchev–Trinajstić information content (AvgIpc) is 2.83. The van der Waals surface area contributed by atoms with E-state index in [0.29, 0.717) is 22.0 Å². The van der Waals surface area contributed by atoms with Crippen LogP contribution in [0.1, 0.15) is 41.8 Å². The lowest BCUT2D eigenvalue weighted by Crippen LogP contribution is -2.21. The van der Waals surface area contributed by atoms with Crippen LogP contribution in [0.15, 0.2) is 77.4 Å². The standard InChI is InChI=1S/C26H23ClN4O3/c1-3-28-30(20-12-14-21(15-13-20)31(33)34)25-17(2)8-9-18-10-11-19(16-23(18)25)29-26(32)22-6-4-5-7-24(22)27/h3-7,10-16H,8-9H2,1-2H3,(H,29,32)/b28-3+. The number of carbonyl (C=O) groups excluding carboxylic acids is 1. The van der Waals surface area contributed by atoms with Gasteiger partial charge in [-0.15, -0.1) is 0 Å². The first-order valence-corrected chi connectivity index (χ1v) is 11.2. The van der Waals surface area contributed by atoms with E-state index in [4.69, 9.17) is 11.6 Å². The van der Waals surface area contributed by atoms with Gasteiger partial charge in [-0.1, -0.05) is 29.8 Å². The highest BCUT2D eigenvalue weighted by atomic mass is 35.5. The molecule has 0 aromatic heterocycles. The number of allylic oxidation sites excluding steroid dienone is 1. The molecular weight excluding hydrogens is 452 g/mol. The molecule has 3 aromatic rings. The molecule has 3 aromatic carbocycles. The molecule has 0 radical (unpaired) electrons. The first-order valence-electron chi connectivity index (χ1n) is 10.8. The maximum Gasteiger partial charge on any atom is 0.269 e. The van der Waals surface area contributed by atoms with E-state index < -0.39 is 4.92 Å². The number of nitro benzene ring substituents is 1. The van der Waals surface area contributed by atoms with Gasteiger partial charge >= 0.3 is 0 Å². The van der Waals surface area contributed by atoms with Crippen LogP contribution in [0.4, 0.5) is 17.1 Å². The SMILES string of the molecule is C/C=N/N(C1=C(C)CCc2ccc(NC(=O)c3ccccc3Cl)cc21)c1ccc([N+](=O)[O-])cc1. The lowest BCUT2D eigenvalue weighted by atomic mass is 9.89. The van der Waals surface area contributed by atoms with Crippen LogP contribution < -0.4 is 10.3 Å². The van der Waals surface area contributed by atoms with Crippen molar-refractivity contribution >= 4 is 46.5 Å². The molecular formula is C26H23ClN4O3. The average molecular weight is 475 g/mol. The van der Waals surface area contributed by atoms with E-state index >= 15 is 0 Å². The summed E-state index contributed by atoms with van der Waals surface area (Å²) in [7, 11) is 0. The summed E-state index contributed by atoms with van der Waals surface area (Å²) in [5, 5.41) is 20.8. The molecule has 0 unspecified atom stereocenters. The molecule has 172 valence electrons. The van der Waals surface area contributed by atoms with Gasteiger partial charge in [0.1, 0.15) is 0 Å². The number of carbonyl (C=O) groups is 1. The van der Waals surface area contributed by atoms with Crippen molar-refractivity contribution in [2.75, 3.05) is 10.3 Å². The molecule has 34 heavy (non-hydrogen) atoms. The van der Waals surface area contributed by atoms with Crippen molar-refractivity contribution in [1.29, 1.82) is 0 Å². The summed E-state index contributed by atoms with van der Waals surface area (Å²) in [6.07, 6.45) is 3.41. The summed E-state index contributed by atoms with van der Waals surface area (Å²) < 4.78 is 0. The van der Waals surface area contributed by atoms with Gasteiger partial charge in [0, 0.05) is 29.6 Å². The normalized spacial score (nSPS) is 13.0. The minimum atomic E-state index is -0.425. The number of fused-ring (bicyclic) bond motifs is 1. The van der Waals surface area contributed by atoms with Gasteiger partial charge in [0.05, 0.1) is 26.9 Å². The summed E-state index contributed by atoms with van der Waals surface area (Å²) in [4.78, 5) is 23.5. The van der Waals surface area contributed by atoms with Gasteiger partial charge in [0.25, 0.3) is 11.6 Å². The van der Waals surface area contributed by atoms with Crippen molar-refractivity contribution in [2.45, 2.75) is 26.7 Å². The number of hydrogen-bond donors (Lipinski definition) is 1. The highest BCUT2D eigenvalue weighted by Crippen LogP contribution is 2.38. The predicted octanol–water partition coefficient (Wildman–Crippen LogP) is 6.69. The van der Waals surface area contributed by atoms with Crippen molar-refractivity contribution in [3.63, 3.8) is 0 Å². The zero-order valence-electron chi connectivity index (χ0n) is 18.8. The number of benzene rings is 3. The van der Waals surface area contributed by atoms with Crippen molar-refractivity contribution < 1.29 is 9.72 Å². The fraction of sp³-hybridized carbons (Fsp3) is 0.154. The number of hydrazone groups is 1. The van der Waals surface area contributed by atoms with Crippen LogP contribution in [0.5, 0.6) is 0 Å². The van der Waals surface area contributed by atoms with Gasteiger partial charge in [-0.3, -0.25) is 14.9 Å². The largest absolute Gasteiger partial charge is 0.322 e. The van der Waals surface area contributed by atoms with E-state index in [9.17, 15) is 14.9 Å². The number of rotatable bonds is 6. The molecule has 1 N–H and O–H groups in total. The van der Waals surface area contributed by atoms with Crippen LogP contribution in [0, 0.1) is 10.1 Å². The van der Waals surface area contributed by atoms with Gasteiger partial charge in [-0.25, -0.2) is 5.01 Å². The highest BCUT2D eigenvalue weighted by molar-refractivity contribution is 6.34. The smallest absolute Gasteiger partial charge is 0.269 e. The Labute approximate surface area is 202 Å². The molecule has 7 nitrogen and oxygen atoms in total. The van der Waals surface area contributed by atoms with Crippen molar-refractivity contribution in [3.05, 3.63) is 104 Å². The topological polar surface area (TPSA) is 87.8 Å². The van der Waals surface area contributed by atoms with Crippen molar-refractivity contribution in [2.24, 2.45) is 5.10 Å². The van der Waals surface area contributed by atoms with E-state index in [1.807, 2.05) is 25.1 Å². The molecule has 4 rings (SSSR count). The Morgan fingerprint density at radius 1 is 1.12 bits per heavy atom. The molecule has 8 heteroatoms. The maximum atomic E-state index is 12.8. The predicted molar refractivity (Wildman–Crippen MR) is 137 cm³/mol. The van der Waals surface area contributed by atoms with Crippen LogP contribution in [0.2, 0.25) is 5.02 Å². The van der Waals surface area contributed by atoms with Gasteiger partial charge in [-0.2, -0.15) is 5.10 Å². The van der Waals surface area contributed by atoms with Crippen LogP contribution in [0.3, 0.4) is 0 Å². The number of anilines is 2. The van der Waals surface area contributed by atoms with Gasteiger partial charge < -0.3 is 5.32 Å². The summed E-state index contributed by atoms with van der Waals surface area (Å²) in [6.45, 7) is 3.87. The molecule has 0 saturated carbocycles. The lowest BCUT2D eigenvalue weighted by Gasteiger charge is -2.30. The zero-order valence-corrected chi connectivity index (χ0v) is 19.5. The molecule has 1 aliphatic rings. The molecule has 0 atom stereocenters. The summed E-state index contributed by atoms with van der Waals surface area (Å²) in [5.41, 5.74) is 5.86. The molecule has 0 fully saturated rings. The second-order valence-electron chi connectivity index (χ2n) is 7.89. The highest BCUT2D eigenvalue weighted by Gasteiger charge is 2.24. The van der Waals surface area contributed by atoms with E-state index in [2.05, 4.69) is 17.3 Å². The number of aryl methyl sites for hydroxylation is 1. The number of hydrogen-bond acceptors (Lipinski definition) is 5. The van der Waals surface area contributed by atoms with E-state index in [1.165, 1.54) is 12.1 Å². The molecule has 1 amide bonds. The van der Waals surface area contributed by atoms with Crippen LogP contribution in [-0.4, -0.2) is 17.0 Å². The molecule has 0 heterocycles. The number of nitrogens with zero attached hydrogens (tertiary/aromatic N) is 3. The van der Waals surface area contributed by atoms with Crippen molar-refractivity contribution in [1.82, 2.24) is 0 Å². The minimum Gasteiger partial charge on any atom is -0.322 e. The first-order chi connectivity index (χ1) is 16.4. The molecule has 1 aliphatic carbocycles. The fourth-order valence-electron chi connectivity index (χ4n) is 3.99. The summed E-state index contributed by atoms with van der Waals surface area (Å²) >= 11 is 6.18. The molecule has 0 bridgehead atoms. The van der Waals surface area contributed by atoms with Crippen LogP contribution in [0.25, 0.3) is 5.70 Å². The van der Waals surface area contributed by atoms with Crippen LogP contribution in [-0.2, 0) is 6.42 Å². The Bertz CT molecular complexity index is 1320. The van der Waals surface area contributed by atoms with Gasteiger partial charge in [0.15, 0.2) is 0 Å². The van der Waals surface area contributed by atoms with Gasteiger partial charge in [-0.05, 0) is 74.2 Å². The van der Waals surface area contributed by atoms with Crippen molar-refractivity contribution in [3.8, 4) is 0 Å². The molecule has 0 spiro atoms. The Kier molecular flexibility index (Phi) is 6.75. The fourth-order valence-corrected chi connectivity index (χ4v) is 4.21. The monoisotopic (exact) mass is 474 g/mol. The van der Waals surface area contributed by atoms with E-state index in [1.54, 1.807) is 47.6 Å². The summed E-state index contributed by atoms with van der Waals surface area (Å²) in [5.74, 6) is -0.289. The third kappa shape index (κ3) is 4.70. The minimum absolute atomic E-state index is 0.0171. The Morgan fingerprint density at radius 2 is 1.85 bits per heavy atom. The van der Waals surface area contributed by atoms with Gasteiger partial charge in [0.2, 0.25) is 0 Å². The number of halogens is 1. The third-order valence-corrected chi connectivity index (χ3v) is 5.99. The zero-order chi connectivity index (χ0) is 24.2. The second kappa shape index (κ2) is 9.89. The number of nitro groups is 1. The second-order valence-corrected chi connectivity index (χ2v) is 8.30. The van der Waals surface area contributed by atoms with Crippen LogP contribution >= 0.6 is 11.6 Å². The number of amides is 1. The Balaban J connectivity index is 1.72. The maximum absolute atomic E-state index is 12.8. The number of non-ortho nitro benzene ring substituents is 1. The van der Waals surface area contributed by atoms with E-state index in [0.717, 1.165) is 35.2 Å². The summed E-state index contributed by atoms with van der Waals surface area (Å²) in [6, 6.07) is 19.0.